The molecule has 1 saturated carbocycles. The number of ether oxygens (including phenoxy) is 1. The molecule has 1 heterocycles. The van der Waals surface area contributed by atoms with E-state index in [1.54, 1.807) is 7.05 Å². The Morgan fingerprint density at radius 2 is 1.88 bits per heavy atom. The number of amides is 1. The molecule has 0 radical (unpaired) electrons. The minimum Gasteiger partial charge on any atom is -0.492 e. The molecule has 0 spiro atoms. The summed E-state index contributed by atoms with van der Waals surface area (Å²) in [5, 5.41) is 6.88. The fraction of sp³-hybridized carbons (Fsp3) is 0.680. The monoisotopic (exact) mass is 443 g/mol. The van der Waals surface area contributed by atoms with Gasteiger partial charge in [-0.1, -0.05) is 38.8 Å². The van der Waals surface area contributed by atoms with E-state index in [9.17, 15) is 4.79 Å². The molecule has 1 aromatic rings. The number of carbonyl (C=O) groups is 1. The summed E-state index contributed by atoms with van der Waals surface area (Å²) in [5.41, 5.74) is 1.17. The van der Waals surface area contributed by atoms with E-state index in [0.717, 1.165) is 63.7 Å². The normalized spacial score (nSPS) is 19.6. The average Bonchev–Trinajstić information content (AvgIpc) is 3.52. The van der Waals surface area contributed by atoms with Gasteiger partial charge in [0.2, 0.25) is 5.91 Å². The zero-order valence-electron chi connectivity index (χ0n) is 20.1. The molecule has 7 nitrogen and oxygen atoms in total. The summed E-state index contributed by atoms with van der Waals surface area (Å²) in [6.07, 6.45) is 5.50. The maximum atomic E-state index is 12.7. The van der Waals surface area contributed by atoms with Crippen molar-refractivity contribution in [3.63, 3.8) is 0 Å². The Morgan fingerprint density at radius 1 is 1.16 bits per heavy atom. The number of aliphatic imine (C=N–C) groups is 1. The van der Waals surface area contributed by atoms with Gasteiger partial charge in [-0.3, -0.25) is 9.79 Å². The quantitative estimate of drug-likeness (QED) is 0.430. The lowest BCUT2D eigenvalue weighted by atomic mass is 10.1. The first-order valence-electron chi connectivity index (χ1n) is 12.3. The van der Waals surface area contributed by atoms with Crippen molar-refractivity contribution in [3.05, 3.63) is 29.8 Å². The Labute approximate surface area is 193 Å². The third-order valence-corrected chi connectivity index (χ3v) is 6.72. The van der Waals surface area contributed by atoms with Crippen molar-refractivity contribution in [2.24, 2.45) is 10.9 Å². The molecule has 2 aliphatic rings. The van der Waals surface area contributed by atoms with E-state index in [0.29, 0.717) is 19.1 Å². The van der Waals surface area contributed by atoms with Gasteiger partial charge in [-0.05, 0) is 50.0 Å². The molecular formula is C25H41N5O2. The molecule has 1 saturated heterocycles. The number of guanidine groups is 1. The van der Waals surface area contributed by atoms with Crippen LogP contribution in [0.2, 0.25) is 0 Å². The van der Waals surface area contributed by atoms with E-state index in [1.165, 1.54) is 18.4 Å². The lowest BCUT2D eigenvalue weighted by Crippen LogP contribution is -2.45. The largest absolute Gasteiger partial charge is 0.492 e. The van der Waals surface area contributed by atoms with Crippen LogP contribution in [0.1, 0.15) is 51.5 Å². The zero-order valence-corrected chi connectivity index (χ0v) is 20.1. The van der Waals surface area contributed by atoms with Gasteiger partial charge in [0.05, 0.1) is 0 Å². The maximum Gasteiger partial charge on any atom is 0.225 e. The molecule has 2 N–H and O–H groups in total. The Morgan fingerprint density at radius 3 is 2.53 bits per heavy atom. The molecule has 178 valence electrons. The number of nitrogens with zero attached hydrogens (tertiary/aromatic N) is 3. The second kappa shape index (κ2) is 12.7. The Hall–Kier alpha value is -2.28. The van der Waals surface area contributed by atoms with Crippen LogP contribution in [0, 0.1) is 5.92 Å². The predicted octanol–water partition coefficient (Wildman–Crippen LogP) is 2.86. The molecule has 7 heteroatoms. The van der Waals surface area contributed by atoms with Crippen molar-refractivity contribution >= 4 is 11.9 Å². The second-order valence-corrected chi connectivity index (χ2v) is 8.84. The van der Waals surface area contributed by atoms with Crippen LogP contribution in [0.3, 0.4) is 0 Å². The topological polar surface area (TPSA) is 69.2 Å². The summed E-state index contributed by atoms with van der Waals surface area (Å²) < 4.78 is 5.87. The van der Waals surface area contributed by atoms with Gasteiger partial charge in [-0.2, -0.15) is 0 Å². The second-order valence-electron chi connectivity index (χ2n) is 8.84. The van der Waals surface area contributed by atoms with Gasteiger partial charge in [-0.25, -0.2) is 0 Å². The summed E-state index contributed by atoms with van der Waals surface area (Å²) in [6, 6.07) is 8.49. The molecule has 1 aromatic carbocycles. The zero-order chi connectivity index (χ0) is 22.8. The van der Waals surface area contributed by atoms with E-state index in [4.69, 9.17) is 4.74 Å². The number of hydrogen-bond acceptors (Lipinski definition) is 4. The van der Waals surface area contributed by atoms with Gasteiger partial charge in [0.25, 0.3) is 0 Å². The standard InChI is InChI=1S/C25H41N5O2/c1-4-29(5-2)16-17-32-23-12-10-20(11-13-23)18-27-25(26-3)28-22-14-15-30(19-22)24(31)21-8-6-7-9-21/h10-13,21-22H,4-9,14-19H2,1-3H3,(H2,26,27,28). The van der Waals surface area contributed by atoms with E-state index >= 15 is 0 Å². The summed E-state index contributed by atoms with van der Waals surface area (Å²) in [7, 11) is 1.79. The number of likely N-dealkylation sites (tertiary alicyclic amines) is 1. The predicted molar refractivity (Wildman–Crippen MR) is 130 cm³/mol. The first-order valence-corrected chi connectivity index (χ1v) is 12.3. The van der Waals surface area contributed by atoms with E-state index in [2.05, 4.69) is 46.5 Å². The van der Waals surface area contributed by atoms with Crippen LogP contribution in [-0.2, 0) is 11.3 Å². The average molecular weight is 444 g/mol. The molecule has 0 bridgehead atoms. The molecule has 1 unspecified atom stereocenters. The number of nitrogens with one attached hydrogen (secondary N) is 2. The molecule has 1 aliphatic carbocycles. The van der Waals surface area contributed by atoms with Gasteiger partial charge < -0.3 is 25.2 Å². The van der Waals surface area contributed by atoms with Crippen molar-refractivity contribution < 1.29 is 9.53 Å². The third-order valence-electron chi connectivity index (χ3n) is 6.72. The van der Waals surface area contributed by atoms with Crippen LogP contribution < -0.4 is 15.4 Å². The summed E-state index contributed by atoms with van der Waals surface area (Å²) >= 11 is 0. The van der Waals surface area contributed by atoms with Crippen molar-refractivity contribution in [1.82, 2.24) is 20.4 Å². The summed E-state index contributed by atoms with van der Waals surface area (Å²) in [4.78, 5) is 21.4. The Balaban J connectivity index is 1.38. The molecule has 1 atom stereocenters. The van der Waals surface area contributed by atoms with Crippen molar-refractivity contribution in [2.45, 2.75) is 58.5 Å². The molecule has 2 fully saturated rings. The minimum atomic E-state index is 0.258. The van der Waals surface area contributed by atoms with E-state index < -0.39 is 0 Å². The lowest BCUT2D eigenvalue weighted by Gasteiger charge is -2.21. The van der Waals surface area contributed by atoms with Crippen LogP contribution in [0.15, 0.2) is 29.3 Å². The molecule has 32 heavy (non-hydrogen) atoms. The number of benzene rings is 1. The number of likely N-dealkylation sites (N-methyl/N-ethyl adjacent to an activating group) is 1. The SMILES string of the molecule is CCN(CC)CCOc1ccc(CNC(=NC)NC2CCN(C(=O)C3CCCC3)C2)cc1. The molecule has 1 amide bonds. The number of rotatable bonds is 10. The molecule has 1 aliphatic heterocycles. The lowest BCUT2D eigenvalue weighted by molar-refractivity contribution is -0.134. The van der Waals surface area contributed by atoms with E-state index in [1.807, 2.05) is 17.0 Å². The van der Waals surface area contributed by atoms with Crippen LogP contribution in [0.5, 0.6) is 5.75 Å². The molecule has 0 aromatic heterocycles. The highest BCUT2D eigenvalue weighted by molar-refractivity contribution is 5.81. The van der Waals surface area contributed by atoms with Crippen LogP contribution >= 0.6 is 0 Å². The first kappa shape index (κ1) is 24.4. The molecular weight excluding hydrogens is 402 g/mol. The smallest absolute Gasteiger partial charge is 0.225 e. The fourth-order valence-corrected chi connectivity index (χ4v) is 4.62. The van der Waals surface area contributed by atoms with Gasteiger partial charge in [0.15, 0.2) is 5.96 Å². The summed E-state index contributed by atoms with van der Waals surface area (Å²) in [5.74, 6) is 2.30. The summed E-state index contributed by atoms with van der Waals surface area (Å²) in [6.45, 7) is 10.4. The number of carbonyl (C=O) groups excluding carboxylic acids is 1. The van der Waals surface area contributed by atoms with E-state index in [-0.39, 0.29) is 12.0 Å². The van der Waals surface area contributed by atoms with Crippen molar-refractivity contribution in [2.75, 3.05) is 46.4 Å². The highest BCUT2D eigenvalue weighted by atomic mass is 16.5. The van der Waals surface area contributed by atoms with Crippen molar-refractivity contribution in [1.29, 1.82) is 0 Å². The van der Waals surface area contributed by atoms with Crippen LogP contribution in [0.25, 0.3) is 0 Å². The minimum absolute atomic E-state index is 0.258. The maximum absolute atomic E-state index is 12.7. The highest BCUT2D eigenvalue weighted by Crippen LogP contribution is 2.27. The van der Waals surface area contributed by atoms with Gasteiger partial charge in [0, 0.05) is 45.2 Å². The highest BCUT2D eigenvalue weighted by Gasteiger charge is 2.32. The Bertz CT molecular complexity index is 726. The molecule has 3 rings (SSSR count). The third kappa shape index (κ3) is 7.12. The van der Waals surface area contributed by atoms with Gasteiger partial charge in [0.1, 0.15) is 12.4 Å². The number of hydrogen-bond donors (Lipinski definition) is 2. The van der Waals surface area contributed by atoms with Gasteiger partial charge >= 0.3 is 0 Å². The van der Waals surface area contributed by atoms with Crippen molar-refractivity contribution in [3.8, 4) is 5.75 Å². The van der Waals surface area contributed by atoms with Crippen LogP contribution in [0.4, 0.5) is 0 Å². The fourth-order valence-electron chi connectivity index (χ4n) is 4.62. The first-order chi connectivity index (χ1) is 15.6. The Kier molecular flexibility index (Phi) is 9.65. The van der Waals surface area contributed by atoms with Crippen LogP contribution in [-0.4, -0.2) is 74.1 Å². The van der Waals surface area contributed by atoms with Gasteiger partial charge in [-0.15, -0.1) is 0 Å².